The summed E-state index contributed by atoms with van der Waals surface area (Å²) >= 11 is 0. The second-order valence-electron chi connectivity index (χ2n) is 7.92. The van der Waals surface area contributed by atoms with E-state index in [1.807, 2.05) is 49.1 Å². The van der Waals surface area contributed by atoms with E-state index in [1.54, 1.807) is 0 Å². The van der Waals surface area contributed by atoms with Crippen LogP contribution in [0.3, 0.4) is 0 Å². The molecule has 0 aromatic heterocycles. The van der Waals surface area contributed by atoms with Crippen molar-refractivity contribution in [1.82, 2.24) is 4.90 Å². The molecule has 1 aromatic rings. The van der Waals surface area contributed by atoms with Crippen LogP contribution in [0.2, 0.25) is 0 Å². The molecule has 3 rings (SSSR count). The van der Waals surface area contributed by atoms with Gasteiger partial charge in [0, 0.05) is 26.1 Å². The van der Waals surface area contributed by atoms with Crippen LogP contribution in [-0.2, 0) is 19.0 Å². The second kappa shape index (κ2) is 10.2. The molecule has 1 aromatic carbocycles. The Labute approximate surface area is 168 Å². The van der Waals surface area contributed by atoms with Gasteiger partial charge in [0.1, 0.15) is 5.75 Å². The summed E-state index contributed by atoms with van der Waals surface area (Å²) in [7, 11) is 0. The molecule has 2 saturated heterocycles. The van der Waals surface area contributed by atoms with Crippen LogP contribution in [0, 0.1) is 0 Å². The van der Waals surface area contributed by atoms with Crippen LogP contribution in [-0.4, -0.2) is 68.1 Å². The molecule has 156 valence electrons. The van der Waals surface area contributed by atoms with Crippen molar-refractivity contribution in [2.45, 2.75) is 57.3 Å². The molecule has 0 bridgehead atoms. The van der Waals surface area contributed by atoms with E-state index in [2.05, 4.69) is 0 Å². The molecule has 0 saturated carbocycles. The average molecular weight is 392 g/mol. The molecule has 1 unspecified atom stereocenters. The van der Waals surface area contributed by atoms with Crippen LogP contribution in [0.5, 0.6) is 5.75 Å². The van der Waals surface area contributed by atoms with Crippen molar-refractivity contribution >= 4 is 5.91 Å². The molecular formula is C22H33NO5. The normalized spacial score (nSPS) is 21.8. The van der Waals surface area contributed by atoms with Crippen LogP contribution in [0.25, 0.3) is 0 Å². The lowest BCUT2D eigenvalue weighted by molar-refractivity contribution is -0.164. The lowest BCUT2D eigenvalue weighted by atomic mass is 9.83. The van der Waals surface area contributed by atoms with Crippen LogP contribution in [0.1, 0.15) is 39.5 Å². The van der Waals surface area contributed by atoms with E-state index in [0.717, 1.165) is 38.0 Å². The minimum atomic E-state index is -0.154. The Kier molecular flexibility index (Phi) is 7.71. The quantitative estimate of drug-likeness (QED) is 0.638. The molecule has 2 aliphatic rings. The number of hydrogen-bond donors (Lipinski definition) is 0. The van der Waals surface area contributed by atoms with E-state index in [4.69, 9.17) is 18.9 Å². The number of carbonyl (C=O) groups is 1. The lowest BCUT2D eigenvalue weighted by Crippen LogP contribution is -2.52. The van der Waals surface area contributed by atoms with Gasteiger partial charge in [0.05, 0.1) is 31.0 Å². The Balaban J connectivity index is 1.40. The summed E-state index contributed by atoms with van der Waals surface area (Å²) in [6, 6.07) is 9.45. The average Bonchev–Trinajstić information content (AvgIpc) is 2.71. The molecule has 1 atom stereocenters. The number of hydrogen-bond acceptors (Lipinski definition) is 5. The molecule has 2 heterocycles. The van der Waals surface area contributed by atoms with Gasteiger partial charge in [0.25, 0.3) is 5.91 Å². The maximum atomic E-state index is 12.5. The number of piperidine rings is 1. The van der Waals surface area contributed by atoms with Crippen molar-refractivity contribution in [2.24, 2.45) is 0 Å². The largest absolute Gasteiger partial charge is 0.484 e. The summed E-state index contributed by atoms with van der Waals surface area (Å²) in [5.41, 5.74) is -0.154. The highest BCUT2D eigenvalue weighted by molar-refractivity contribution is 5.77. The monoisotopic (exact) mass is 391 g/mol. The van der Waals surface area contributed by atoms with Crippen LogP contribution in [0.15, 0.2) is 30.3 Å². The van der Waals surface area contributed by atoms with Crippen molar-refractivity contribution in [3.63, 3.8) is 0 Å². The van der Waals surface area contributed by atoms with E-state index >= 15 is 0 Å². The highest BCUT2D eigenvalue weighted by Crippen LogP contribution is 2.36. The smallest absolute Gasteiger partial charge is 0.260 e. The minimum absolute atomic E-state index is 0.0353. The predicted molar refractivity (Wildman–Crippen MR) is 106 cm³/mol. The molecular weight excluding hydrogens is 358 g/mol. The Morgan fingerprint density at radius 3 is 2.68 bits per heavy atom. The highest BCUT2D eigenvalue weighted by Gasteiger charge is 2.41. The van der Waals surface area contributed by atoms with Crippen LogP contribution in [0.4, 0.5) is 0 Å². The fourth-order valence-electron chi connectivity index (χ4n) is 3.89. The van der Waals surface area contributed by atoms with E-state index in [-0.39, 0.29) is 30.3 Å². The van der Waals surface area contributed by atoms with Crippen molar-refractivity contribution in [2.75, 3.05) is 39.5 Å². The summed E-state index contributed by atoms with van der Waals surface area (Å²) in [6.07, 6.45) is 3.98. The van der Waals surface area contributed by atoms with Gasteiger partial charge in [-0.2, -0.15) is 0 Å². The number of ether oxygens (including phenoxy) is 4. The van der Waals surface area contributed by atoms with Crippen molar-refractivity contribution < 1.29 is 23.7 Å². The molecule has 2 aliphatic heterocycles. The summed E-state index contributed by atoms with van der Waals surface area (Å²) in [6.45, 7) is 7.54. The maximum Gasteiger partial charge on any atom is 0.260 e. The van der Waals surface area contributed by atoms with Crippen molar-refractivity contribution in [3.8, 4) is 5.75 Å². The number of likely N-dealkylation sites (tertiary alicyclic amines) is 1. The lowest BCUT2D eigenvalue weighted by Gasteiger charge is -2.46. The maximum absolute atomic E-state index is 12.5. The third-order valence-corrected chi connectivity index (χ3v) is 5.47. The van der Waals surface area contributed by atoms with Gasteiger partial charge >= 0.3 is 0 Å². The molecule has 1 amide bonds. The first-order valence-electron chi connectivity index (χ1n) is 10.4. The molecule has 28 heavy (non-hydrogen) atoms. The van der Waals surface area contributed by atoms with Gasteiger partial charge in [-0.1, -0.05) is 18.2 Å². The minimum Gasteiger partial charge on any atom is -0.484 e. The SMILES string of the molecule is CC(C)OCCOC1CCOC2(CCN(C(=O)COc3ccccc3)CC2)C1. The molecule has 0 aliphatic carbocycles. The summed E-state index contributed by atoms with van der Waals surface area (Å²) in [5.74, 6) is 0.759. The fourth-order valence-corrected chi connectivity index (χ4v) is 3.89. The third-order valence-electron chi connectivity index (χ3n) is 5.47. The Hall–Kier alpha value is -1.63. The molecule has 0 radical (unpaired) electrons. The van der Waals surface area contributed by atoms with E-state index in [1.165, 1.54) is 0 Å². The van der Waals surface area contributed by atoms with E-state index < -0.39 is 0 Å². The Bertz CT molecular complexity index is 598. The summed E-state index contributed by atoms with van der Waals surface area (Å²) < 4.78 is 23.3. The standard InChI is InChI=1S/C22H33NO5/c1-18(2)25-14-15-26-20-8-13-28-22(16-20)9-11-23(12-10-22)21(24)17-27-19-6-4-3-5-7-19/h3-7,18,20H,8-17H2,1-2H3. The molecule has 1 spiro atoms. The molecule has 0 N–H and O–H groups in total. The highest BCUT2D eigenvalue weighted by atomic mass is 16.5. The zero-order valence-corrected chi connectivity index (χ0v) is 17.1. The number of nitrogens with zero attached hydrogens (tertiary/aromatic N) is 1. The second-order valence-corrected chi connectivity index (χ2v) is 7.92. The number of benzene rings is 1. The van der Waals surface area contributed by atoms with E-state index in [0.29, 0.717) is 26.3 Å². The van der Waals surface area contributed by atoms with Crippen LogP contribution >= 0.6 is 0 Å². The van der Waals surface area contributed by atoms with Gasteiger partial charge < -0.3 is 23.8 Å². The number of amides is 1. The molecule has 6 heteroatoms. The van der Waals surface area contributed by atoms with E-state index in [9.17, 15) is 4.79 Å². The number of carbonyl (C=O) groups excluding carboxylic acids is 1. The first-order valence-corrected chi connectivity index (χ1v) is 10.4. The summed E-state index contributed by atoms with van der Waals surface area (Å²) in [4.78, 5) is 14.3. The molecule has 2 fully saturated rings. The Morgan fingerprint density at radius 2 is 1.96 bits per heavy atom. The van der Waals surface area contributed by atoms with Gasteiger partial charge in [-0.25, -0.2) is 0 Å². The first kappa shape index (κ1) is 21.1. The van der Waals surface area contributed by atoms with Gasteiger partial charge in [-0.15, -0.1) is 0 Å². The first-order chi connectivity index (χ1) is 13.6. The van der Waals surface area contributed by atoms with Gasteiger partial charge in [-0.3, -0.25) is 4.79 Å². The topological polar surface area (TPSA) is 57.2 Å². The fraction of sp³-hybridized carbons (Fsp3) is 0.682. The zero-order chi connectivity index (χ0) is 19.8. The van der Waals surface area contributed by atoms with Gasteiger partial charge in [0.15, 0.2) is 6.61 Å². The number of rotatable bonds is 8. The Morgan fingerprint density at radius 1 is 1.21 bits per heavy atom. The zero-order valence-electron chi connectivity index (χ0n) is 17.1. The van der Waals surface area contributed by atoms with Crippen LogP contribution < -0.4 is 4.74 Å². The predicted octanol–water partition coefficient (Wildman–Crippen LogP) is 3.05. The van der Waals surface area contributed by atoms with Gasteiger partial charge in [-0.05, 0) is 45.2 Å². The summed E-state index contributed by atoms with van der Waals surface area (Å²) in [5, 5.41) is 0. The van der Waals surface area contributed by atoms with Gasteiger partial charge in [0.2, 0.25) is 0 Å². The molecule has 6 nitrogen and oxygen atoms in total. The third kappa shape index (κ3) is 6.19. The van der Waals surface area contributed by atoms with Crippen molar-refractivity contribution in [3.05, 3.63) is 30.3 Å². The van der Waals surface area contributed by atoms with Crippen molar-refractivity contribution in [1.29, 1.82) is 0 Å². The number of para-hydroxylation sites is 1.